The van der Waals surface area contributed by atoms with E-state index in [0.29, 0.717) is 6.42 Å². The normalized spacial score (nSPS) is 29.9. The molecular formula is C10H16O3. The summed E-state index contributed by atoms with van der Waals surface area (Å²) in [7, 11) is 0. The van der Waals surface area contributed by atoms with Crippen LogP contribution in [-0.4, -0.2) is 30.5 Å². The topological polar surface area (TPSA) is 38.7 Å². The third kappa shape index (κ3) is 2.23. The number of aliphatic hydroxyl groups is 1. The molecule has 0 aliphatic carbocycles. The van der Waals surface area contributed by atoms with Gasteiger partial charge in [0.05, 0.1) is 12.7 Å². The van der Waals surface area contributed by atoms with Crippen LogP contribution in [0.1, 0.15) is 25.7 Å². The van der Waals surface area contributed by atoms with Crippen molar-refractivity contribution in [2.75, 3.05) is 13.2 Å². The van der Waals surface area contributed by atoms with Gasteiger partial charge in [-0.2, -0.15) is 0 Å². The fraction of sp³-hybridized carbons (Fsp3) is 0.800. The van der Waals surface area contributed by atoms with E-state index in [2.05, 4.69) is 0 Å². The molecule has 3 nitrogen and oxygen atoms in total. The van der Waals surface area contributed by atoms with Gasteiger partial charge in [-0.25, -0.2) is 0 Å². The minimum absolute atomic E-state index is 0.236. The van der Waals surface area contributed by atoms with Crippen LogP contribution in [0.4, 0.5) is 0 Å². The summed E-state index contributed by atoms with van der Waals surface area (Å²) in [4.78, 5) is 0. The van der Waals surface area contributed by atoms with Gasteiger partial charge in [0.15, 0.2) is 0 Å². The van der Waals surface area contributed by atoms with E-state index in [9.17, 15) is 5.11 Å². The molecule has 0 radical (unpaired) electrons. The summed E-state index contributed by atoms with van der Waals surface area (Å²) in [5, 5.41) is 9.74. The number of hydrogen-bond donors (Lipinski definition) is 1. The highest BCUT2D eigenvalue weighted by Crippen LogP contribution is 2.22. The standard InChI is InChI=1S/C10H16O3/c11-9(10-4-2-6-13-10)7-8-3-1-5-12-8/h4,8-9,11H,1-3,5-7H2. The lowest BCUT2D eigenvalue weighted by atomic mass is 10.1. The van der Waals surface area contributed by atoms with Crippen molar-refractivity contribution in [1.82, 2.24) is 0 Å². The molecule has 0 aromatic heterocycles. The largest absolute Gasteiger partial charge is 0.495 e. The Morgan fingerprint density at radius 3 is 3.08 bits per heavy atom. The van der Waals surface area contributed by atoms with Crippen LogP contribution in [0.15, 0.2) is 11.8 Å². The van der Waals surface area contributed by atoms with E-state index in [1.807, 2.05) is 6.08 Å². The Bertz CT molecular complexity index is 194. The lowest BCUT2D eigenvalue weighted by molar-refractivity contribution is 0.0433. The first-order valence-corrected chi connectivity index (χ1v) is 4.99. The van der Waals surface area contributed by atoms with E-state index in [-0.39, 0.29) is 6.10 Å². The average Bonchev–Trinajstić information content (AvgIpc) is 2.74. The van der Waals surface area contributed by atoms with Crippen LogP contribution < -0.4 is 0 Å². The van der Waals surface area contributed by atoms with Crippen molar-refractivity contribution in [1.29, 1.82) is 0 Å². The van der Waals surface area contributed by atoms with Gasteiger partial charge in [0.1, 0.15) is 11.9 Å². The molecule has 0 amide bonds. The zero-order chi connectivity index (χ0) is 9.10. The van der Waals surface area contributed by atoms with Crippen molar-refractivity contribution in [3.8, 4) is 0 Å². The van der Waals surface area contributed by atoms with Crippen molar-refractivity contribution in [3.05, 3.63) is 11.8 Å². The van der Waals surface area contributed by atoms with Crippen LogP contribution in [0.3, 0.4) is 0 Å². The Hall–Kier alpha value is -0.540. The lowest BCUT2D eigenvalue weighted by Crippen LogP contribution is -2.19. The van der Waals surface area contributed by atoms with Gasteiger partial charge in [-0.1, -0.05) is 0 Å². The van der Waals surface area contributed by atoms with Crippen LogP contribution in [-0.2, 0) is 9.47 Å². The third-order valence-corrected chi connectivity index (χ3v) is 2.57. The Balaban J connectivity index is 1.79. The smallest absolute Gasteiger partial charge is 0.121 e. The Morgan fingerprint density at radius 1 is 1.54 bits per heavy atom. The zero-order valence-corrected chi connectivity index (χ0v) is 7.74. The predicted octanol–water partition coefficient (Wildman–Crippen LogP) is 1.22. The number of ether oxygens (including phenoxy) is 2. The molecule has 1 fully saturated rings. The van der Waals surface area contributed by atoms with E-state index < -0.39 is 6.10 Å². The average molecular weight is 184 g/mol. The summed E-state index contributed by atoms with van der Waals surface area (Å²) in [6, 6.07) is 0. The van der Waals surface area contributed by atoms with Gasteiger partial charge in [-0.3, -0.25) is 0 Å². The summed E-state index contributed by atoms with van der Waals surface area (Å²) < 4.78 is 10.7. The molecule has 13 heavy (non-hydrogen) atoms. The van der Waals surface area contributed by atoms with Gasteiger partial charge in [-0.15, -0.1) is 0 Å². The van der Waals surface area contributed by atoms with E-state index in [4.69, 9.17) is 9.47 Å². The number of hydrogen-bond acceptors (Lipinski definition) is 3. The minimum Gasteiger partial charge on any atom is -0.495 e. The molecule has 0 aromatic rings. The number of aliphatic hydroxyl groups excluding tert-OH is 1. The second kappa shape index (κ2) is 4.11. The van der Waals surface area contributed by atoms with Crippen LogP contribution >= 0.6 is 0 Å². The first kappa shape index (κ1) is 9.03. The minimum atomic E-state index is -0.453. The first-order chi connectivity index (χ1) is 6.36. The molecule has 2 atom stereocenters. The second-order valence-electron chi connectivity index (χ2n) is 3.63. The van der Waals surface area contributed by atoms with Gasteiger partial charge < -0.3 is 14.6 Å². The van der Waals surface area contributed by atoms with E-state index in [0.717, 1.165) is 38.2 Å². The maximum Gasteiger partial charge on any atom is 0.121 e. The highest BCUT2D eigenvalue weighted by atomic mass is 16.5. The third-order valence-electron chi connectivity index (χ3n) is 2.57. The molecule has 0 aromatic carbocycles. The highest BCUT2D eigenvalue weighted by Gasteiger charge is 2.23. The molecule has 2 heterocycles. The Kier molecular flexibility index (Phi) is 2.86. The molecular weight excluding hydrogens is 168 g/mol. The fourth-order valence-electron chi connectivity index (χ4n) is 1.86. The van der Waals surface area contributed by atoms with Gasteiger partial charge >= 0.3 is 0 Å². The summed E-state index contributed by atoms with van der Waals surface area (Å²) >= 11 is 0. The molecule has 0 saturated carbocycles. The maximum atomic E-state index is 9.74. The van der Waals surface area contributed by atoms with E-state index in [1.54, 1.807) is 0 Å². The lowest BCUT2D eigenvalue weighted by Gasteiger charge is -2.15. The molecule has 2 rings (SSSR count). The van der Waals surface area contributed by atoms with E-state index >= 15 is 0 Å². The number of rotatable bonds is 3. The SMILES string of the molecule is OC(CC1CCCO1)C1=CCCO1. The summed E-state index contributed by atoms with van der Waals surface area (Å²) in [5.41, 5.74) is 0. The van der Waals surface area contributed by atoms with Crippen molar-refractivity contribution in [2.45, 2.75) is 37.9 Å². The fourth-order valence-corrected chi connectivity index (χ4v) is 1.86. The molecule has 0 spiro atoms. The zero-order valence-electron chi connectivity index (χ0n) is 7.74. The molecule has 2 aliphatic heterocycles. The highest BCUT2D eigenvalue weighted by molar-refractivity contribution is 5.04. The molecule has 74 valence electrons. The monoisotopic (exact) mass is 184 g/mol. The van der Waals surface area contributed by atoms with Crippen LogP contribution in [0.5, 0.6) is 0 Å². The van der Waals surface area contributed by atoms with Gasteiger partial charge in [0.2, 0.25) is 0 Å². The van der Waals surface area contributed by atoms with Gasteiger partial charge in [-0.05, 0) is 18.9 Å². The van der Waals surface area contributed by atoms with Crippen LogP contribution in [0, 0.1) is 0 Å². The van der Waals surface area contributed by atoms with Crippen molar-refractivity contribution >= 4 is 0 Å². The van der Waals surface area contributed by atoms with Crippen molar-refractivity contribution in [3.63, 3.8) is 0 Å². The summed E-state index contributed by atoms with van der Waals surface area (Å²) in [5.74, 6) is 0.746. The molecule has 3 heteroatoms. The second-order valence-corrected chi connectivity index (χ2v) is 3.63. The van der Waals surface area contributed by atoms with Crippen LogP contribution in [0.25, 0.3) is 0 Å². The van der Waals surface area contributed by atoms with Gasteiger partial charge in [0.25, 0.3) is 0 Å². The molecule has 1 saturated heterocycles. The first-order valence-electron chi connectivity index (χ1n) is 4.99. The predicted molar refractivity (Wildman–Crippen MR) is 48.2 cm³/mol. The Labute approximate surface area is 78.3 Å². The Morgan fingerprint density at radius 2 is 2.46 bits per heavy atom. The summed E-state index contributed by atoms with van der Waals surface area (Å²) in [6.45, 7) is 1.56. The maximum absolute atomic E-state index is 9.74. The quantitative estimate of drug-likeness (QED) is 0.716. The van der Waals surface area contributed by atoms with Crippen LogP contribution in [0.2, 0.25) is 0 Å². The molecule has 2 aliphatic rings. The molecule has 0 bridgehead atoms. The molecule has 2 unspecified atom stereocenters. The molecule has 1 N–H and O–H groups in total. The van der Waals surface area contributed by atoms with Crippen molar-refractivity contribution in [2.24, 2.45) is 0 Å². The summed E-state index contributed by atoms with van der Waals surface area (Å²) in [6.07, 6.45) is 5.57. The van der Waals surface area contributed by atoms with Crippen molar-refractivity contribution < 1.29 is 14.6 Å². The van der Waals surface area contributed by atoms with E-state index in [1.165, 1.54) is 0 Å². The van der Waals surface area contributed by atoms with Gasteiger partial charge in [0, 0.05) is 19.4 Å².